The summed E-state index contributed by atoms with van der Waals surface area (Å²) in [7, 11) is 1.88. The molecule has 140 valence electrons. The van der Waals surface area contributed by atoms with Crippen LogP contribution >= 0.6 is 0 Å². The van der Waals surface area contributed by atoms with Gasteiger partial charge in [0.25, 0.3) is 0 Å². The lowest BCUT2D eigenvalue weighted by Crippen LogP contribution is -2.62. The van der Waals surface area contributed by atoms with Crippen LogP contribution in [0.25, 0.3) is 0 Å². The molecule has 0 unspecified atom stereocenters. The molecule has 0 aromatic carbocycles. The van der Waals surface area contributed by atoms with Crippen molar-refractivity contribution in [3.05, 3.63) is 18.2 Å². The van der Waals surface area contributed by atoms with Gasteiger partial charge in [0, 0.05) is 37.9 Å². The number of carbonyl (C=O) groups is 1. The second-order valence-corrected chi connectivity index (χ2v) is 7.58. The molecular formula is C18H30N4O3. The van der Waals surface area contributed by atoms with E-state index in [1.807, 2.05) is 36.6 Å². The molecule has 1 aromatic heterocycles. The molecule has 0 aliphatic carbocycles. The van der Waals surface area contributed by atoms with E-state index in [1.54, 1.807) is 6.20 Å². The average Bonchev–Trinajstić information content (AvgIpc) is 3.05. The number of aryl methyl sites for hydroxylation is 1. The molecule has 1 spiro atoms. The van der Waals surface area contributed by atoms with Gasteiger partial charge < -0.3 is 24.6 Å². The lowest BCUT2D eigenvalue weighted by molar-refractivity contribution is -0.193. The van der Waals surface area contributed by atoms with Crippen molar-refractivity contribution in [3.8, 4) is 0 Å². The molecular weight excluding hydrogens is 320 g/mol. The van der Waals surface area contributed by atoms with Gasteiger partial charge in [0.05, 0.1) is 12.2 Å². The molecule has 2 N–H and O–H groups in total. The molecule has 2 fully saturated rings. The predicted octanol–water partition coefficient (Wildman–Crippen LogP) is 0.566. The van der Waals surface area contributed by atoms with Gasteiger partial charge in [-0.25, -0.2) is 4.98 Å². The Balaban J connectivity index is 1.57. The molecule has 2 saturated heterocycles. The van der Waals surface area contributed by atoms with Crippen molar-refractivity contribution in [2.45, 2.75) is 63.3 Å². The maximum atomic E-state index is 12.6. The molecule has 2 aliphatic rings. The van der Waals surface area contributed by atoms with E-state index in [0.717, 1.165) is 31.5 Å². The molecule has 7 heteroatoms. The minimum Gasteiger partial charge on any atom is -0.386 e. The molecule has 7 nitrogen and oxygen atoms in total. The van der Waals surface area contributed by atoms with Gasteiger partial charge in [0.1, 0.15) is 18.0 Å². The fourth-order valence-corrected chi connectivity index (χ4v) is 4.02. The summed E-state index contributed by atoms with van der Waals surface area (Å²) < 4.78 is 8.01. The number of nitrogens with one attached hydrogen (secondary N) is 1. The van der Waals surface area contributed by atoms with Gasteiger partial charge in [-0.2, -0.15) is 0 Å². The third-order valence-electron chi connectivity index (χ3n) is 5.80. The Morgan fingerprint density at radius 2 is 2.20 bits per heavy atom. The normalized spacial score (nSPS) is 29.1. The topological polar surface area (TPSA) is 79.6 Å². The molecule has 0 radical (unpaired) electrons. The monoisotopic (exact) mass is 350 g/mol. The Morgan fingerprint density at radius 3 is 2.84 bits per heavy atom. The van der Waals surface area contributed by atoms with Gasteiger partial charge in [0.15, 0.2) is 0 Å². The van der Waals surface area contributed by atoms with Crippen LogP contribution in [0.5, 0.6) is 0 Å². The fraction of sp³-hybridized carbons (Fsp3) is 0.778. The van der Waals surface area contributed by atoms with Crippen molar-refractivity contribution in [2.24, 2.45) is 0 Å². The van der Waals surface area contributed by atoms with Gasteiger partial charge in [-0.3, -0.25) is 4.79 Å². The first-order valence-electron chi connectivity index (χ1n) is 9.20. The van der Waals surface area contributed by atoms with Crippen molar-refractivity contribution >= 4 is 5.91 Å². The van der Waals surface area contributed by atoms with E-state index < -0.39 is 5.60 Å². The van der Waals surface area contributed by atoms with Crippen LogP contribution in [0, 0.1) is 0 Å². The van der Waals surface area contributed by atoms with E-state index in [0.29, 0.717) is 26.2 Å². The van der Waals surface area contributed by atoms with Crippen LogP contribution in [0.15, 0.2) is 12.4 Å². The molecule has 3 rings (SSSR count). The van der Waals surface area contributed by atoms with E-state index in [9.17, 15) is 9.90 Å². The number of ether oxygens (including phenoxy) is 1. The molecule has 25 heavy (non-hydrogen) atoms. The highest BCUT2D eigenvalue weighted by molar-refractivity contribution is 5.76. The first-order chi connectivity index (χ1) is 11.9. The van der Waals surface area contributed by atoms with Gasteiger partial charge >= 0.3 is 0 Å². The maximum Gasteiger partial charge on any atom is 0.242 e. The Hall–Kier alpha value is -1.44. The molecule has 1 aromatic rings. The summed E-state index contributed by atoms with van der Waals surface area (Å²) in [4.78, 5) is 18.8. The first kappa shape index (κ1) is 18.4. The van der Waals surface area contributed by atoms with Gasteiger partial charge in [-0.05, 0) is 33.2 Å². The van der Waals surface area contributed by atoms with E-state index in [1.165, 1.54) is 0 Å². The van der Waals surface area contributed by atoms with E-state index >= 15 is 0 Å². The van der Waals surface area contributed by atoms with Crippen molar-refractivity contribution in [1.29, 1.82) is 0 Å². The van der Waals surface area contributed by atoms with Crippen molar-refractivity contribution in [2.75, 3.05) is 26.7 Å². The van der Waals surface area contributed by atoms with Crippen molar-refractivity contribution in [3.63, 3.8) is 0 Å². The maximum absolute atomic E-state index is 12.6. The number of imidazole rings is 1. The van der Waals surface area contributed by atoms with Crippen LogP contribution in [-0.2, 0) is 22.5 Å². The van der Waals surface area contributed by atoms with Crippen molar-refractivity contribution in [1.82, 2.24) is 19.8 Å². The largest absolute Gasteiger partial charge is 0.386 e. The van der Waals surface area contributed by atoms with Crippen LogP contribution in [-0.4, -0.2) is 69.5 Å². The molecule has 0 saturated carbocycles. The summed E-state index contributed by atoms with van der Waals surface area (Å²) in [5.41, 5.74) is -1.07. The number of piperidine rings is 1. The minimum atomic E-state index is -0.842. The van der Waals surface area contributed by atoms with Crippen molar-refractivity contribution < 1.29 is 14.6 Å². The zero-order valence-corrected chi connectivity index (χ0v) is 15.5. The number of aromatic nitrogens is 2. The highest BCUT2D eigenvalue weighted by Gasteiger charge is 2.48. The average molecular weight is 350 g/mol. The number of rotatable bonds is 4. The smallest absolute Gasteiger partial charge is 0.242 e. The highest BCUT2D eigenvalue weighted by Crippen LogP contribution is 2.38. The van der Waals surface area contributed by atoms with Crippen LogP contribution < -0.4 is 5.32 Å². The van der Waals surface area contributed by atoms with Gasteiger partial charge in [-0.1, -0.05) is 6.92 Å². The Labute approximate surface area is 149 Å². The molecule has 0 bridgehead atoms. The number of hydrogen-bond donors (Lipinski definition) is 2. The standard InChI is InChI=1S/C18H30N4O3/c1-4-15-20-7-10-22(15)12-16(23)21-8-5-18(6-9-21)11-14(19-3)17(2,24)13-25-18/h7,10,14,19,24H,4-6,8-9,11-13H2,1-3H3/t14-,17-/m0/s1. The van der Waals surface area contributed by atoms with E-state index in [4.69, 9.17) is 4.74 Å². The summed E-state index contributed by atoms with van der Waals surface area (Å²) in [5, 5.41) is 13.6. The van der Waals surface area contributed by atoms with Gasteiger partial charge in [-0.15, -0.1) is 0 Å². The highest BCUT2D eigenvalue weighted by atomic mass is 16.5. The number of amides is 1. The summed E-state index contributed by atoms with van der Waals surface area (Å²) in [6.45, 7) is 5.95. The predicted molar refractivity (Wildman–Crippen MR) is 94.2 cm³/mol. The zero-order chi connectivity index (χ0) is 18.1. The number of likely N-dealkylation sites (tertiary alicyclic amines) is 1. The quantitative estimate of drug-likeness (QED) is 0.830. The van der Waals surface area contributed by atoms with Gasteiger partial charge in [0.2, 0.25) is 5.91 Å². The molecule has 2 atom stereocenters. The lowest BCUT2D eigenvalue weighted by Gasteiger charge is -2.50. The third kappa shape index (κ3) is 3.73. The van der Waals surface area contributed by atoms with Crippen LogP contribution in [0.4, 0.5) is 0 Å². The number of likely N-dealkylation sites (N-methyl/N-ethyl adjacent to an activating group) is 1. The minimum absolute atomic E-state index is 0.0153. The Bertz CT molecular complexity index is 605. The first-order valence-corrected chi connectivity index (χ1v) is 9.20. The Kier molecular flexibility index (Phi) is 5.18. The number of aliphatic hydroxyl groups is 1. The lowest BCUT2D eigenvalue weighted by atomic mass is 9.77. The fourth-order valence-electron chi connectivity index (χ4n) is 4.02. The van der Waals surface area contributed by atoms with E-state index in [-0.39, 0.29) is 17.6 Å². The second-order valence-electron chi connectivity index (χ2n) is 7.58. The summed E-state index contributed by atoms with van der Waals surface area (Å²) in [5.74, 6) is 1.08. The second kappa shape index (κ2) is 7.05. The molecule has 2 aliphatic heterocycles. The summed E-state index contributed by atoms with van der Waals surface area (Å²) in [6, 6.07) is 0.0153. The number of nitrogens with zero attached hydrogens (tertiary/aromatic N) is 3. The van der Waals surface area contributed by atoms with Crippen LogP contribution in [0.3, 0.4) is 0 Å². The summed E-state index contributed by atoms with van der Waals surface area (Å²) in [6.07, 6.45) is 6.85. The third-order valence-corrected chi connectivity index (χ3v) is 5.80. The van der Waals surface area contributed by atoms with E-state index in [2.05, 4.69) is 10.3 Å². The number of hydrogen-bond acceptors (Lipinski definition) is 5. The molecule has 1 amide bonds. The zero-order valence-electron chi connectivity index (χ0n) is 15.5. The summed E-state index contributed by atoms with van der Waals surface area (Å²) >= 11 is 0. The Morgan fingerprint density at radius 1 is 1.48 bits per heavy atom. The molecule has 3 heterocycles. The SMILES string of the molecule is CCc1nccn1CC(=O)N1CCC2(CC1)C[C@H](NC)[C@@](C)(O)CO2. The van der Waals surface area contributed by atoms with Crippen LogP contribution in [0.1, 0.15) is 38.9 Å². The van der Waals surface area contributed by atoms with Crippen LogP contribution in [0.2, 0.25) is 0 Å². The number of carbonyl (C=O) groups excluding carboxylic acids is 1.